The predicted molar refractivity (Wildman–Crippen MR) is 83.0 cm³/mol. The fraction of sp³-hybridized carbons (Fsp3) is 0.533. The number of carbonyl (C=O) groups is 1. The van der Waals surface area contributed by atoms with Gasteiger partial charge in [0.1, 0.15) is 0 Å². The lowest BCUT2D eigenvalue weighted by Crippen LogP contribution is -2.33. The SMILES string of the molecule is CCOC(=O)N1CCCC(Nc2cccc([N+](=O)[O-])c2)CC1. The molecule has 1 N–H and O–H groups in total. The van der Waals surface area contributed by atoms with E-state index in [2.05, 4.69) is 5.32 Å². The Balaban J connectivity index is 1.93. The zero-order valence-electron chi connectivity index (χ0n) is 12.7. The van der Waals surface area contributed by atoms with Gasteiger partial charge in [0.25, 0.3) is 5.69 Å². The molecule has 22 heavy (non-hydrogen) atoms. The molecule has 1 heterocycles. The Kier molecular flexibility index (Phi) is 5.57. The van der Waals surface area contributed by atoms with Crippen LogP contribution in [0.15, 0.2) is 24.3 Å². The van der Waals surface area contributed by atoms with Crippen LogP contribution in [0, 0.1) is 10.1 Å². The summed E-state index contributed by atoms with van der Waals surface area (Å²) in [7, 11) is 0. The Morgan fingerprint density at radius 2 is 2.27 bits per heavy atom. The normalized spacial score (nSPS) is 18.4. The minimum Gasteiger partial charge on any atom is -0.450 e. The van der Waals surface area contributed by atoms with Crippen LogP contribution in [0.25, 0.3) is 0 Å². The number of hydrogen-bond donors (Lipinski definition) is 1. The molecule has 1 amide bonds. The average molecular weight is 307 g/mol. The summed E-state index contributed by atoms with van der Waals surface area (Å²) in [4.78, 5) is 23.9. The molecular weight excluding hydrogens is 286 g/mol. The van der Waals surface area contributed by atoms with Crippen molar-refractivity contribution in [3.8, 4) is 0 Å². The Bertz CT molecular complexity index is 535. The number of nitro groups is 1. The van der Waals surface area contributed by atoms with E-state index in [-0.39, 0.29) is 17.8 Å². The van der Waals surface area contributed by atoms with Crippen molar-refractivity contribution in [2.45, 2.75) is 32.2 Å². The van der Waals surface area contributed by atoms with Crippen LogP contribution in [0.2, 0.25) is 0 Å². The molecule has 1 unspecified atom stereocenters. The van der Waals surface area contributed by atoms with E-state index in [1.54, 1.807) is 17.9 Å². The van der Waals surface area contributed by atoms with E-state index in [1.807, 2.05) is 6.07 Å². The smallest absolute Gasteiger partial charge is 0.409 e. The van der Waals surface area contributed by atoms with E-state index in [9.17, 15) is 14.9 Å². The van der Waals surface area contributed by atoms with Gasteiger partial charge in [-0.2, -0.15) is 0 Å². The molecule has 1 aromatic rings. The Morgan fingerprint density at radius 3 is 3.00 bits per heavy atom. The van der Waals surface area contributed by atoms with Crippen molar-refractivity contribution in [3.05, 3.63) is 34.4 Å². The van der Waals surface area contributed by atoms with Gasteiger partial charge in [-0.3, -0.25) is 10.1 Å². The molecule has 1 aromatic carbocycles. The summed E-state index contributed by atoms with van der Waals surface area (Å²) < 4.78 is 5.02. The Labute approximate surface area is 129 Å². The highest BCUT2D eigenvalue weighted by molar-refractivity contribution is 5.67. The lowest BCUT2D eigenvalue weighted by molar-refractivity contribution is -0.384. The third-order valence-corrected chi connectivity index (χ3v) is 3.68. The van der Waals surface area contributed by atoms with Gasteiger partial charge in [-0.25, -0.2) is 4.79 Å². The lowest BCUT2D eigenvalue weighted by atomic mass is 10.1. The topological polar surface area (TPSA) is 84.7 Å². The van der Waals surface area contributed by atoms with Crippen LogP contribution in [-0.4, -0.2) is 41.7 Å². The van der Waals surface area contributed by atoms with E-state index in [0.29, 0.717) is 19.7 Å². The highest BCUT2D eigenvalue weighted by Gasteiger charge is 2.21. The number of non-ortho nitro benzene ring substituents is 1. The Morgan fingerprint density at radius 1 is 1.45 bits per heavy atom. The second-order valence-corrected chi connectivity index (χ2v) is 5.27. The summed E-state index contributed by atoms with van der Waals surface area (Å²) in [6.45, 7) is 3.49. The number of hydrogen-bond acceptors (Lipinski definition) is 5. The monoisotopic (exact) mass is 307 g/mol. The molecule has 0 aromatic heterocycles. The van der Waals surface area contributed by atoms with Gasteiger partial charge < -0.3 is 15.0 Å². The van der Waals surface area contributed by atoms with Crippen LogP contribution in [0.5, 0.6) is 0 Å². The standard InChI is InChI=1S/C15H21N3O4/c1-2-22-15(19)17-9-4-6-12(8-10-17)16-13-5-3-7-14(11-13)18(20)21/h3,5,7,11-12,16H,2,4,6,8-10H2,1H3. The number of anilines is 1. The second kappa shape index (κ2) is 7.63. The molecule has 2 rings (SSSR count). The number of likely N-dealkylation sites (tertiary alicyclic amines) is 1. The fourth-order valence-corrected chi connectivity index (χ4v) is 2.58. The number of carbonyl (C=O) groups excluding carboxylic acids is 1. The quantitative estimate of drug-likeness (QED) is 0.682. The molecule has 1 saturated heterocycles. The van der Waals surface area contributed by atoms with Gasteiger partial charge in [-0.1, -0.05) is 6.07 Å². The summed E-state index contributed by atoms with van der Waals surface area (Å²) in [5, 5.41) is 14.1. The Hall–Kier alpha value is -2.31. The van der Waals surface area contributed by atoms with Crippen molar-refractivity contribution in [3.63, 3.8) is 0 Å². The van der Waals surface area contributed by atoms with Crippen LogP contribution in [-0.2, 0) is 4.74 Å². The number of nitro benzene ring substituents is 1. The van der Waals surface area contributed by atoms with E-state index in [0.717, 1.165) is 24.9 Å². The van der Waals surface area contributed by atoms with Crippen molar-refractivity contribution in [2.24, 2.45) is 0 Å². The van der Waals surface area contributed by atoms with Crippen LogP contribution >= 0.6 is 0 Å². The summed E-state index contributed by atoms with van der Waals surface area (Å²) in [6.07, 6.45) is 2.32. The summed E-state index contributed by atoms with van der Waals surface area (Å²) in [5.41, 5.74) is 0.815. The van der Waals surface area contributed by atoms with Crippen LogP contribution in [0.1, 0.15) is 26.2 Å². The number of benzene rings is 1. The summed E-state index contributed by atoms with van der Waals surface area (Å²) >= 11 is 0. The van der Waals surface area contributed by atoms with Gasteiger partial charge in [0.2, 0.25) is 0 Å². The first-order chi connectivity index (χ1) is 10.6. The molecule has 7 heteroatoms. The molecule has 0 radical (unpaired) electrons. The first-order valence-electron chi connectivity index (χ1n) is 7.53. The highest BCUT2D eigenvalue weighted by Crippen LogP contribution is 2.21. The number of nitrogens with one attached hydrogen (secondary N) is 1. The lowest BCUT2D eigenvalue weighted by Gasteiger charge is -2.20. The first-order valence-corrected chi connectivity index (χ1v) is 7.53. The van der Waals surface area contributed by atoms with Gasteiger partial charge in [0.05, 0.1) is 11.5 Å². The van der Waals surface area contributed by atoms with Crippen molar-refractivity contribution in [1.82, 2.24) is 4.90 Å². The van der Waals surface area contributed by atoms with Crippen molar-refractivity contribution >= 4 is 17.5 Å². The van der Waals surface area contributed by atoms with Gasteiger partial charge in [0, 0.05) is 37.0 Å². The van der Waals surface area contributed by atoms with Crippen molar-refractivity contribution in [1.29, 1.82) is 0 Å². The summed E-state index contributed by atoms with van der Waals surface area (Å²) in [6, 6.07) is 6.69. The molecule has 0 spiro atoms. The van der Waals surface area contributed by atoms with E-state index in [1.165, 1.54) is 12.1 Å². The third kappa shape index (κ3) is 4.34. The number of amides is 1. The molecule has 120 valence electrons. The molecule has 1 aliphatic rings. The van der Waals surface area contributed by atoms with E-state index < -0.39 is 4.92 Å². The maximum atomic E-state index is 11.7. The van der Waals surface area contributed by atoms with Crippen LogP contribution in [0.4, 0.5) is 16.2 Å². The molecule has 1 atom stereocenters. The second-order valence-electron chi connectivity index (χ2n) is 5.27. The molecule has 0 bridgehead atoms. The van der Waals surface area contributed by atoms with E-state index >= 15 is 0 Å². The average Bonchev–Trinajstić information content (AvgIpc) is 2.73. The minimum absolute atomic E-state index is 0.0757. The van der Waals surface area contributed by atoms with Gasteiger partial charge >= 0.3 is 6.09 Å². The van der Waals surface area contributed by atoms with Crippen LogP contribution in [0.3, 0.4) is 0 Å². The molecular formula is C15H21N3O4. The summed E-state index contributed by atoms with van der Waals surface area (Å²) in [5.74, 6) is 0. The van der Waals surface area contributed by atoms with Gasteiger partial charge in [-0.05, 0) is 32.3 Å². The first kappa shape index (κ1) is 16.1. The number of ether oxygens (including phenoxy) is 1. The maximum absolute atomic E-state index is 11.7. The maximum Gasteiger partial charge on any atom is 0.409 e. The largest absolute Gasteiger partial charge is 0.450 e. The molecule has 0 saturated carbocycles. The molecule has 0 aliphatic carbocycles. The van der Waals surface area contributed by atoms with Gasteiger partial charge in [0.15, 0.2) is 0 Å². The third-order valence-electron chi connectivity index (χ3n) is 3.68. The zero-order chi connectivity index (χ0) is 15.9. The predicted octanol–water partition coefficient (Wildman–Crippen LogP) is 3.02. The van der Waals surface area contributed by atoms with Crippen molar-refractivity contribution in [2.75, 3.05) is 25.0 Å². The zero-order valence-corrected chi connectivity index (χ0v) is 12.7. The highest BCUT2D eigenvalue weighted by atomic mass is 16.6. The molecule has 1 aliphatic heterocycles. The van der Waals surface area contributed by atoms with E-state index in [4.69, 9.17) is 4.74 Å². The molecule has 7 nitrogen and oxygen atoms in total. The van der Waals surface area contributed by atoms with Crippen molar-refractivity contribution < 1.29 is 14.5 Å². The number of rotatable bonds is 4. The fourth-order valence-electron chi connectivity index (χ4n) is 2.58. The minimum atomic E-state index is -0.402. The molecule has 1 fully saturated rings. The van der Waals surface area contributed by atoms with Crippen LogP contribution < -0.4 is 5.32 Å². The number of nitrogens with zero attached hydrogens (tertiary/aromatic N) is 2. The van der Waals surface area contributed by atoms with Gasteiger partial charge in [-0.15, -0.1) is 0 Å².